The fraction of sp³-hybridized carbons (Fsp3) is 0.550. The molecule has 1 heterocycles. The molecule has 0 aromatic heterocycles. The Bertz CT molecular complexity index is 903. The second-order valence-electron chi connectivity index (χ2n) is 6.79. The average Bonchev–Trinajstić information content (AvgIpc) is 2.71. The number of sulfonamides is 1. The van der Waals surface area contributed by atoms with Crippen molar-refractivity contribution in [2.45, 2.75) is 38.9 Å². The van der Waals surface area contributed by atoms with Gasteiger partial charge in [-0.05, 0) is 44.9 Å². The molecule has 6 nitrogen and oxygen atoms in total. The van der Waals surface area contributed by atoms with Crippen LogP contribution >= 0.6 is 24.0 Å². The zero-order chi connectivity index (χ0) is 22.2. The Balaban J connectivity index is 0.00000480. The minimum atomic E-state index is -4.40. The smallest absolute Gasteiger partial charge is 0.357 e. The lowest BCUT2D eigenvalue weighted by Crippen LogP contribution is -2.50. The van der Waals surface area contributed by atoms with E-state index in [9.17, 15) is 21.6 Å². The number of alkyl halides is 3. The molecule has 1 fully saturated rings. The van der Waals surface area contributed by atoms with Crippen LogP contribution in [-0.2, 0) is 16.2 Å². The van der Waals surface area contributed by atoms with E-state index in [4.69, 9.17) is 0 Å². The molecule has 2 rings (SSSR count). The van der Waals surface area contributed by atoms with Crippen molar-refractivity contribution in [3.63, 3.8) is 0 Å². The van der Waals surface area contributed by atoms with Gasteiger partial charge in [0.1, 0.15) is 6.54 Å². The Morgan fingerprint density at radius 3 is 2.52 bits per heavy atom. The third kappa shape index (κ3) is 8.86. The highest BCUT2D eigenvalue weighted by molar-refractivity contribution is 14.0. The van der Waals surface area contributed by atoms with Crippen molar-refractivity contribution in [2.24, 2.45) is 4.99 Å². The Morgan fingerprint density at radius 1 is 1.26 bits per heavy atom. The van der Waals surface area contributed by atoms with E-state index >= 15 is 0 Å². The third-order valence-corrected chi connectivity index (χ3v) is 6.52. The Hall–Kier alpha value is -1.52. The summed E-state index contributed by atoms with van der Waals surface area (Å²) in [4.78, 5) is 4.34. The topological polar surface area (TPSA) is 73.8 Å². The highest BCUT2D eigenvalue weighted by Gasteiger charge is 2.30. The molecule has 31 heavy (non-hydrogen) atoms. The summed E-state index contributed by atoms with van der Waals surface area (Å²) in [6.45, 7) is 5.23. The molecular formula is C20H28F3IN4O2S. The van der Waals surface area contributed by atoms with E-state index in [1.54, 1.807) is 6.92 Å². The van der Waals surface area contributed by atoms with Gasteiger partial charge in [-0.15, -0.1) is 24.0 Å². The predicted molar refractivity (Wildman–Crippen MR) is 127 cm³/mol. The summed E-state index contributed by atoms with van der Waals surface area (Å²) in [6, 6.07) is 4.95. The van der Waals surface area contributed by atoms with Crippen LogP contribution in [0.25, 0.3) is 0 Å². The number of guanidine groups is 1. The number of piperidine rings is 1. The van der Waals surface area contributed by atoms with Crippen molar-refractivity contribution in [3.05, 3.63) is 35.4 Å². The van der Waals surface area contributed by atoms with Crippen molar-refractivity contribution < 1.29 is 21.6 Å². The molecule has 0 saturated carbocycles. The fourth-order valence-corrected chi connectivity index (χ4v) is 4.14. The molecule has 0 radical (unpaired) electrons. The van der Waals surface area contributed by atoms with Gasteiger partial charge < -0.3 is 10.6 Å². The monoisotopic (exact) mass is 572 g/mol. The molecule has 1 saturated heterocycles. The summed E-state index contributed by atoms with van der Waals surface area (Å²) in [7, 11) is -3.17. The highest BCUT2D eigenvalue weighted by Crippen LogP contribution is 2.29. The van der Waals surface area contributed by atoms with E-state index in [0.29, 0.717) is 38.4 Å². The summed E-state index contributed by atoms with van der Waals surface area (Å²) < 4.78 is 63.7. The third-order valence-electron chi connectivity index (χ3n) is 4.64. The number of nitrogens with one attached hydrogen (secondary N) is 2. The summed E-state index contributed by atoms with van der Waals surface area (Å²) in [6.07, 6.45) is -3.07. The van der Waals surface area contributed by atoms with Gasteiger partial charge in [0.25, 0.3) is 0 Å². The second kappa shape index (κ2) is 12.5. The summed E-state index contributed by atoms with van der Waals surface area (Å²) >= 11 is 0. The van der Waals surface area contributed by atoms with Gasteiger partial charge in [0.2, 0.25) is 10.0 Å². The summed E-state index contributed by atoms with van der Waals surface area (Å²) in [5, 5.41) is 6.38. The first-order valence-corrected chi connectivity index (χ1v) is 11.5. The van der Waals surface area contributed by atoms with Crippen molar-refractivity contribution in [1.82, 2.24) is 14.9 Å². The average molecular weight is 572 g/mol. The molecule has 1 aromatic carbocycles. The molecule has 0 bridgehead atoms. The molecule has 1 aliphatic rings. The zero-order valence-electron chi connectivity index (χ0n) is 17.5. The molecule has 2 N–H and O–H groups in total. The van der Waals surface area contributed by atoms with Crippen LogP contribution in [-0.4, -0.2) is 56.7 Å². The minimum absolute atomic E-state index is 0. The Kier molecular flexibility index (Phi) is 11.1. The van der Waals surface area contributed by atoms with E-state index in [1.807, 2.05) is 6.92 Å². The predicted octanol–water partition coefficient (Wildman–Crippen LogP) is 3.04. The maximum absolute atomic E-state index is 12.8. The molecule has 11 heteroatoms. The van der Waals surface area contributed by atoms with Gasteiger partial charge in [-0.3, -0.25) is 0 Å². The van der Waals surface area contributed by atoms with Gasteiger partial charge in [-0.2, -0.15) is 13.2 Å². The van der Waals surface area contributed by atoms with Crippen molar-refractivity contribution in [2.75, 3.05) is 31.9 Å². The van der Waals surface area contributed by atoms with Crippen LogP contribution < -0.4 is 10.6 Å². The zero-order valence-corrected chi connectivity index (χ0v) is 20.6. The van der Waals surface area contributed by atoms with Crippen LogP contribution in [0.3, 0.4) is 0 Å². The van der Waals surface area contributed by atoms with Gasteiger partial charge in [-0.1, -0.05) is 17.9 Å². The fourth-order valence-electron chi connectivity index (χ4n) is 3.01. The molecule has 0 amide bonds. The normalized spacial score (nSPS) is 16.1. The second-order valence-corrected chi connectivity index (χ2v) is 9.05. The number of hydrogen-bond acceptors (Lipinski definition) is 3. The van der Waals surface area contributed by atoms with Crippen LogP contribution in [0.2, 0.25) is 0 Å². The molecule has 1 aliphatic heterocycles. The molecule has 1 aromatic rings. The Morgan fingerprint density at radius 2 is 1.94 bits per heavy atom. The summed E-state index contributed by atoms with van der Waals surface area (Å²) in [5.74, 6) is 6.12. The van der Waals surface area contributed by atoms with Gasteiger partial charge in [0.05, 0.1) is 11.3 Å². The van der Waals surface area contributed by atoms with E-state index in [1.165, 1.54) is 16.4 Å². The number of nitrogens with zero attached hydrogens (tertiary/aromatic N) is 2. The van der Waals surface area contributed by atoms with Crippen LogP contribution in [0.15, 0.2) is 29.3 Å². The van der Waals surface area contributed by atoms with Crippen molar-refractivity contribution >= 4 is 40.0 Å². The van der Waals surface area contributed by atoms with Gasteiger partial charge in [0, 0.05) is 31.2 Å². The molecule has 0 spiro atoms. The molecule has 174 valence electrons. The van der Waals surface area contributed by atoms with Crippen LogP contribution in [0.5, 0.6) is 0 Å². The van der Waals surface area contributed by atoms with Gasteiger partial charge in [-0.25, -0.2) is 17.7 Å². The standard InChI is InChI=1S/C20H27F3N4O2S.HI/c1-3-24-19(26-18-10-13-27(14-11-18)30(28,29)4-2)25-12-6-8-16-7-5-9-17(15-16)20(21,22)23;/h5,7,9,15,18H,3-4,10-14H2,1-2H3,(H2,24,25,26);1H. The van der Waals surface area contributed by atoms with Crippen LogP contribution in [0.1, 0.15) is 37.8 Å². The first-order valence-electron chi connectivity index (χ1n) is 9.84. The first-order chi connectivity index (χ1) is 14.2. The van der Waals surface area contributed by atoms with E-state index in [-0.39, 0.29) is 47.9 Å². The maximum Gasteiger partial charge on any atom is 0.416 e. The quantitative estimate of drug-likeness (QED) is 0.246. The van der Waals surface area contributed by atoms with E-state index in [2.05, 4.69) is 27.5 Å². The maximum atomic E-state index is 12.8. The van der Waals surface area contributed by atoms with E-state index < -0.39 is 21.8 Å². The van der Waals surface area contributed by atoms with Gasteiger partial charge >= 0.3 is 6.18 Å². The number of hydrogen-bond donors (Lipinski definition) is 2. The highest BCUT2D eigenvalue weighted by atomic mass is 127. The van der Waals surface area contributed by atoms with Crippen molar-refractivity contribution in [3.8, 4) is 11.8 Å². The summed E-state index contributed by atoms with van der Waals surface area (Å²) in [5.41, 5.74) is -0.452. The van der Waals surface area contributed by atoms with Crippen LogP contribution in [0.4, 0.5) is 13.2 Å². The number of rotatable bonds is 5. The molecular weight excluding hydrogens is 544 g/mol. The number of aliphatic imine (C=N–C) groups is 1. The number of halogens is 4. The number of benzene rings is 1. The lowest BCUT2D eigenvalue weighted by Gasteiger charge is -2.32. The largest absolute Gasteiger partial charge is 0.416 e. The lowest BCUT2D eigenvalue weighted by atomic mass is 10.1. The van der Waals surface area contributed by atoms with Gasteiger partial charge in [0.15, 0.2) is 5.96 Å². The minimum Gasteiger partial charge on any atom is -0.357 e. The first kappa shape index (κ1) is 27.5. The van der Waals surface area contributed by atoms with Crippen LogP contribution in [0, 0.1) is 11.8 Å². The Labute approximate surface area is 199 Å². The van der Waals surface area contributed by atoms with Crippen molar-refractivity contribution in [1.29, 1.82) is 0 Å². The molecule has 0 unspecified atom stereocenters. The lowest BCUT2D eigenvalue weighted by molar-refractivity contribution is -0.137. The molecule has 0 atom stereocenters. The van der Waals surface area contributed by atoms with E-state index in [0.717, 1.165) is 12.1 Å². The molecule has 0 aliphatic carbocycles. The SMILES string of the molecule is CCNC(=NCC#Cc1cccc(C(F)(F)F)c1)NC1CCN(S(=O)(=O)CC)CC1.I.